The molecular weight excluding hydrogens is 1140 g/mol. The highest BCUT2D eigenvalue weighted by atomic mass is 16.3. The summed E-state index contributed by atoms with van der Waals surface area (Å²) in [6.45, 7) is 29.2. The molecule has 0 aromatic rings. The van der Waals surface area contributed by atoms with Gasteiger partial charge in [-0.25, -0.2) is 0 Å². The number of carbonyl (C=O) groups excluding carboxylic acids is 4. The Balaban J connectivity index is 0.000000126. The first kappa shape index (κ1) is 68.7. The number of piperazine rings is 2. The summed E-state index contributed by atoms with van der Waals surface area (Å²) in [6.07, 6.45) is 35.4. The molecule has 12 heteroatoms. The highest BCUT2D eigenvalue weighted by molar-refractivity contribution is 5.85. The lowest BCUT2D eigenvalue weighted by molar-refractivity contribution is -0.138. The number of fused-ring (bicyclic) bond motifs is 15. The van der Waals surface area contributed by atoms with Crippen molar-refractivity contribution in [3.8, 4) is 0 Å². The maximum absolute atomic E-state index is 13.5. The molecule has 0 unspecified atom stereocenters. The number of piperidine rings is 1. The zero-order valence-electron chi connectivity index (χ0n) is 59.9. The first-order chi connectivity index (χ1) is 43.7. The fraction of sp³-hybridized carbons (Fsp3) is 0.950. The van der Waals surface area contributed by atoms with Crippen LogP contribution in [0.1, 0.15) is 242 Å². The zero-order valence-corrected chi connectivity index (χ0v) is 59.9. The van der Waals surface area contributed by atoms with Crippen LogP contribution in [0.15, 0.2) is 0 Å². The minimum absolute atomic E-state index is 0.148. The van der Waals surface area contributed by atoms with Crippen molar-refractivity contribution in [1.29, 1.82) is 0 Å². The Hall–Kier alpha value is -1.80. The summed E-state index contributed by atoms with van der Waals surface area (Å²) in [4.78, 5) is 63.4. The number of aliphatic hydroxyl groups is 3. The SMILES string of the molecule is CC(=O)N1CCN(CC(=O)[C@H]2CC[C@H]3[C@@H]4CC[C@H]5C[C@](C)(O)[C@@H](C)C[C@@H]5[C@H]4CC[C@]23C)CC1.CN1CCN(CC(=O)[C@H]2CC[C@H]3[C@@H]4CC[C@H]5C[C@](C)(O)CC[C@@H]5[C@H]4CC[C@]23C)CC1.C[C@@]1(O)CC[C@H]2[C@@H](CC[C@@H]3[C@@H]2CC[C@]2(C)[C@@H](C(=O)CN4CCCCC4)CC[C@@H]32)C1. The average molecular weight is 1280 g/mol. The number of hydrogen-bond acceptors (Lipinski definition) is 11. The maximum Gasteiger partial charge on any atom is 0.219 e. The molecule has 0 aromatic carbocycles. The van der Waals surface area contributed by atoms with Crippen molar-refractivity contribution >= 4 is 23.3 Å². The summed E-state index contributed by atoms with van der Waals surface area (Å²) in [6, 6.07) is 0. The standard InChI is InChI=1S/C28H46N2O3.C26H44N2O2.C26H43NO2/c1-18-15-23-20(16-28(18,4)33)5-6-22-21(23)9-10-27(3)24(22)7-8-25(27)26(32)17-29-11-13-30(14-12-29)19(2)31;1-25(30)10-8-19-18(16-25)4-5-21-20(19)9-11-26(2)22(21)6-7-23(26)24(29)17-28-14-12-27(3)13-15-28;1-25(29)12-10-19-18(16-25)6-7-21-20(19)11-13-26(2)22(21)8-9-23(26)24(28)17-27-14-4-3-5-15-27/h18,20-25,33H,5-17H2,1-4H3;18-23,30H,4-17H2,1-3H3;18-23,29H,3-17H2,1-2H3/t18-,20-,21-,22+,23-,24-,25+,27-,28-;2*18-,19-,20+,21+,22-,23+,25+,26-/m000/s1. The molecule has 3 heterocycles. The van der Waals surface area contributed by atoms with Crippen LogP contribution in [0, 0.1) is 129 Å². The molecule has 0 aromatic heterocycles. The first-order valence-electron chi connectivity index (χ1n) is 39.6. The Bertz CT molecular complexity index is 2600. The van der Waals surface area contributed by atoms with Crippen LogP contribution in [0.2, 0.25) is 0 Å². The Morgan fingerprint density at radius 3 is 1.14 bits per heavy atom. The number of nitrogens with zero attached hydrogens (tertiary/aromatic N) is 5. The van der Waals surface area contributed by atoms with Crippen LogP contribution in [-0.4, -0.2) is 172 Å². The molecule has 92 heavy (non-hydrogen) atoms. The van der Waals surface area contributed by atoms with Gasteiger partial charge in [0.2, 0.25) is 5.91 Å². The van der Waals surface area contributed by atoms with E-state index in [0.717, 1.165) is 200 Å². The Labute approximate surface area is 558 Å². The fourth-order valence-corrected chi connectivity index (χ4v) is 27.3. The van der Waals surface area contributed by atoms with Gasteiger partial charge in [-0.05, 0) is 332 Å². The van der Waals surface area contributed by atoms with Crippen LogP contribution in [0.25, 0.3) is 0 Å². The molecule has 15 aliphatic rings. The Morgan fingerprint density at radius 1 is 0.380 bits per heavy atom. The number of Topliss-reactive ketones (excluding diaryl/α,β-unsaturated/α-hetero) is 3. The normalized spacial score (nSPS) is 49.4. The van der Waals surface area contributed by atoms with Crippen LogP contribution >= 0.6 is 0 Å². The Morgan fingerprint density at radius 2 is 0.739 bits per heavy atom. The van der Waals surface area contributed by atoms with Gasteiger partial charge in [-0.2, -0.15) is 0 Å². The molecule has 15 rings (SSSR count). The lowest BCUT2D eigenvalue weighted by Gasteiger charge is -2.58. The summed E-state index contributed by atoms with van der Waals surface area (Å²) in [5, 5.41) is 32.1. The number of likely N-dealkylation sites (N-methyl/N-ethyl adjacent to an activating group) is 1. The number of rotatable bonds is 9. The van der Waals surface area contributed by atoms with Crippen LogP contribution in [0.5, 0.6) is 0 Å². The van der Waals surface area contributed by atoms with Crippen LogP contribution in [0.3, 0.4) is 0 Å². The summed E-state index contributed by atoms with van der Waals surface area (Å²) in [5.41, 5.74) is -0.642. The molecule has 25 atom stereocenters. The molecule has 12 saturated carbocycles. The van der Waals surface area contributed by atoms with Crippen LogP contribution in [0.4, 0.5) is 0 Å². The smallest absolute Gasteiger partial charge is 0.219 e. The van der Waals surface area contributed by atoms with E-state index < -0.39 is 16.8 Å². The van der Waals surface area contributed by atoms with Crippen molar-refractivity contribution in [1.82, 2.24) is 24.5 Å². The van der Waals surface area contributed by atoms with E-state index in [4.69, 9.17) is 0 Å². The van der Waals surface area contributed by atoms with E-state index >= 15 is 0 Å². The topological polar surface area (TPSA) is 145 Å². The third-order valence-electron chi connectivity index (χ3n) is 32.5. The van der Waals surface area contributed by atoms with Gasteiger partial charge in [-0.3, -0.25) is 33.9 Å². The first-order valence-corrected chi connectivity index (χ1v) is 39.6. The lowest BCUT2D eigenvalue weighted by atomic mass is 9.48. The molecule has 15 fully saturated rings. The van der Waals surface area contributed by atoms with Crippen molar-refractivity contribution in [2.45, 2.75) is 258 Å². The largest absolute Gasteiger partial charge is 0.390 e. The van der Waals surface area contributed by atoms with Gasteiger partial charge < -0.3 is 25.1 Å². The third kappa shape index (κ3) is 13.5. The van der Waals surface area contributed by atoms with E-state index in [1.165, 1.54) is 135 Å². The molecule has 0 radical (unpaired) electrons. The minimum Gasteiger partial charge on any atom is -0.390 e. The van der Waals surface area contributed by atoms with E-state index in [9.17, 15) is 34.5 Å². The molecule has 1 amide bonds. The molecular formula is C80H133N5O7. The van der Waals surface area contributed by atoms with Gasteiger partial charge in [0.25, 0.3) is 0 Å². The third-order valence-corrected chi connectivity index (χ3v) is 32.5. The van der Waals surface area contributed by atoms with Crippen LogP contribution in [-0.2, 0) is 19.2 Å². The van der Waals surface area contributed by atoms with Crippen molar-refractivity contribution in [2.24, 2.45) is 129 Å². The molecule has 12 nitrogen and oxygen atoms in total. The van der Waals surface area contributed by atoms with E-state index in [-0.39, 0.29) is 28.1 Å². The Kier molecular flexibility index (Phi) is 20.2. The zero-order chi connectivity index (χ0) is 64.9. The second kappa shape index (κ2) is 27.0. The summed E-state index contributed by atoms with van der Waals surface area (Å²) >= 11 is 0. The van der Waals surface area contributed by atoms with Gasteiger partial charge in [0.05, 0.1) is 36.4 Å². The molecule has 12 aliphatic carbocycles. The quantitative estimate of drug-likeness (QED) is 0.203. The fourth-order valence-electron chi connectivity index (χ4n) is 27.3. The van der Waals surface area contributed by atoms with Gasteiger partial charge in [0.15, 0.2) is 0 Å². The number of hydrogen-bond donors (Lipinski definition) is 3. The molecule has 0 spiro atoms. The molecule has 3 aliphatic heterocycles. The monoisotopic (exact) mass is 1280 g/mol. The van der Waals surface area contributed by atoms with Crippen molar-refractivity contribution in [2.75, 3.05) is 92.1 Å². The second-order valence-electron chi connectivity index (χ2n) is 37.6. The number of ketones is 3. The van der Waals surface area contributed by atoms with Gasteiger partial charge in [0, 0.05) is 77.0 Å². The number of amides is 1. The average Bonchev–Trinajstić information content (AvgIpc) is 1.46. The summed E-state index contributed by atoms with van der Waals surface area (Å²) < 4.78 is 0. The van der Waals surface area contributed by atoms with Gasteiger partial charge in [0.1, 0.15) is 17.3 Å². The van der Waals surface area contributed by atoms with Crippen LogP contribution < -0.4 is 0 Å². The molecule has 3 N–H and O–H groups in total. The van der Waals surface area contributed by atoms with Crippen molar-refractivity contribution in [3.63, 3.8) is 0 Å². The predicted molar refractivity (Wildman–Crippen MR) is 366 cm³/mol. The predicted octanol–water partition coefficient (Wildman–Crippen LogP) is 12.9. The van der Waals surface area contributed by atoms with Gasteiger partial charge in [-0.1, -0.05) is 34.1 Å². The molecule has 3 saturated heterocycles. The highest BCUT2D eigenvalue weighted by Crippen LogP contribution is 2.68. The van der Waals surface area contributed by atoms with E-state index in [0.29, 0.717) is 60.0 Å². The van der Waals surface area contributed by atoms with Gasteiger partial charge >= 0.3 is 0 Å². The van der Waals surface area contributed by atoms with Crippen molar-refractivity contribution < 1.29 is 34.5 Å². The minimum atomic E-state index is -0.488. The van der Waals surface area contributed by atoms with Gasteiger partial charge in [-0.15, -0.1) is 0 Å². The molecule has 520 valence electrons. The second-order valence-corrected chi connectivity index (χ2v) is 37.6. The van der Waals surface area contributed by atoms with Crippen molar-refractivity contribution in [3.05, 3.63) is 0 Å². The van der Waals surface area contributed by atoms with E-state index in [1.54, 1.807) is 6.92 Å². The van der Waals surface area contributed by atoms with E-state index in [1.807, 2.05) is 4.90 Å². The number of likely N-dealkylation sites (tertiary alicyclic amines) is 1. The number of carbonyl (C=O) groups is 4. The lowest BCUT2D eigenvalue weighted by Crippen LogP contribution is -2.53. The highest BCUT2D eigenvalue weighted by Gasteiger charge is 2.63. The maximum atomic E-state index is 13.5. The summed E-state index contributed by atoms with van der Waals surface area (Å²) in [5.74, 6) is 14.9. The summed E-state index contributed by atoms with van der Waals surface area (Å²) in [7, 11) is 2.18. The van der Waals surface area contributed by atoms with E-state index in [2.05, 4.69) is 75.1 Å². The molecule has 0 bridgehead atoms.